The van der Waals surface area contributed by atoms with E-state index < -0.39 is 17.6 Å². The molecule has 1 spiro atoms. The molecular formula is C28H30N2O5. The summed E-state index contributed by atoms with van der Waals surface area (Å²) in [5.74, 6) is -1.48. The molecule has 2 unspecified atom stereocenters. The van der Waals surface area contributed by atoms with E-state index in [9.17, 15) is 14.4 Å². The third kappa shape index (κ3) is 3.77. The molecule has 2 amide bonds. The van der Waals surface area contributed by atoms with Gasteiger partial charge in [-0.05, 0) is 65.7 Å². The maximum Gasteiger partial charge on any atom is 0.408 e. The van der Waals surface area contributed by atoms with Crippen molar-refractivity contribution >= 4 is 18.0 Å². The van der Waals surface area contributed by atoms with Gasteiger partial charge in [0.15, 0.2) is 0 Å². The second kappa shape index (κ2) is 8.11. The van der Waals surface area contributed by atoms with Gasteiger partial charge in [0, 0.05) is 12.5 Å². The lowest BCUT2D eigenvalue weighted by atomic mass is 9.48. The normalized spacial score (nSPS) is 24.3. The Kier molecular flexibility index (Phi) is 5.13. The van der Waals surface area contributed by atoms with Gasteiger partial charge in [-0.2, -0.15) is 0 Å². The van der Waals surface area contributed by atoms with Crippen LogP contribution in [-0.4, -0.2) is 41.8 Å². The monoisotopic (exact) mass is 474 g/mol. The number of carboxylic acids is 1. The predicted molar refractivity (Wildman–Crippen MR) is 129 cm³/mol. The van der Waals surface area contributed by atoms with Crippen LogP contribution in [0.25, 0.3) is 11.1 Å². The molecule has 4 aliphatic carbocycles. The lowest BCUT2D eigenvalue weighted by Gasteiger charge is -2.59. The van der Waals surface area contributed by atoms with Crippen LogP contribution in [0.3, 0.4) is 0 Å². The Labute approximate surface area is 204 Å². The highest BCUT2D eigenvalue weighted by Gasteiger charge is 2.62. The van der Waals surface area contributed by atoms with E-state index >= 15 is 0 Å². The molecule has 6 rings (SSSR count). The highest BCUT2D eigenvalue weighted by Crippen LogP contribution is 2.60. The SMILES string of the molecule is O=C(NC1(C(=O)NCC2CC2C(=O)O)CC2(CCC2)C1)OCC1c2ccccc2-c2ccccc21. The predicted octanol–water partition coefficient (Wildman–Crippen LogP) is 4.06. The summed E-state index contributed by atoms with van der Waals surface area (Å²) in [6.45, 7) is 0.530. The molecule has 3 saturated carbocycles. The molecule has 3 N–H and O–H groups in total. The van der Waals surface area contributed by atoms with Gasteiger partial charge in [0.1, 0.15) is 12.1 Å². The highest BCUT2D eigenvalue weighted by molar-refractivity contribution is 5.91. The first-order valence-electron chi connectivity index (χ1n) is 12.5. The minimum atomic E-state index is -0.976. The molecule has 35 heavy (non-hydrogen) atoms. The Hall–Kier alpha value is -3.35. The third-order valence-electron chi connectivity index (χ3n) is 8.65. The van der Waals surface area contributed by atoms with Gasteiger partial charge in [-0.1, -0.05) is 55.0 Å². The summed E-state index contributed by atoms with van der Waals surface area (Å²) in [5.41, 5.74) is 3.79. The molecule has 7 heteroatoms. The first-order chi connectivity index (χ1) is 16.9. The zero-order valence-corrected chi connectivity index (χ0v) is 19.6. The van der Waals surface area contributed by atoms with E-state index in [1.807, 2.05) is 24.3 Å². The van der Waals surface area contributed by atoms with Gasteiger partial charge in [0.2, 0.25) is 5.91 Å². The molecule has 2 aromatic rings. The molecule has 0 heterocycles. The molecule has 0 aliphatic heterocycles. The number of fused-ring (bicyclic) bond motifs is 3. The number of hydrogen-bond donors (Lipinski definition) is 3. The Morgan fingerprint density at radius 2 is 1.60 bits per heavy atom. The average Bonchev–Trinajstić information content (AvgIpc) is 3.53. The average molecular weight is 475 g/mol. The zero-order valence-electron chi connectivity index (χ0n) is 19.6. The molecule has 2 aromatic carbocycles. The van der Waals surface area contributed by atoms with Crippen LogP contribution in [0, 0.1) is 17.3 Å². The van der Waals surface area contributed by atoms with E-state index in [0.717, 1.165) is 30.4 Å². The van der Waals surface area contributed by atoms with Crippen molar-refractivity contribution in [2.45, 2.75) is 50.0 Å². The summed E-state index contributed by atoms with van der Waals surface area (Å²) >= 11 is 0. The summed E-state index contributed by atoms with van der Waals surface area (Å²) in [4.78, 5) is 37.2. The summed E-state index contributed by atoms with van der Waals surface area (Å²) in [6, 6.07) is 16.4. The van der Waals surface area contributed by atoms with E-state index in [2.05, 4.69) is 34.9 Å². The van der Waals surface area contributed by atoms with Crippen molar-refractivity contribution in [2.24, 2.45) is 17.3 Å². The summed E-state index contributed by atoms with van der Waals surface area (Å²) < 4.78 is 5.72. The number of ether oxygens (including phenoxy) is 1. The van der Waals surface area contributed by atoms with Crippen molar-refractivity contribution in [1.29, 1.82) is 0 Å². The summed E-state index contributed by atoms with van der Waals surface area (Å²) in [5, 5.41) is 14.9. The first-order valence-corrected chi connectivity index (χ1v) is 12.5. The molecule has 0 bridgehead atoms. The number of benzene rings is 2. The lowest BCUT2D eigenvalue weighted by molar-refractivity contribution is -0.144. The van der Waals surface area contributed by atoms with Crippen molar-refractivity contribution in [3.05, 3.63) is 59.7 Å². The molecule has 4 aliphatic rings. The van der Waals surface area contributed by atoms with E-state index in [0.29, 0.717) is 25.8 Å². The number of rotatable bonds is 7. The van der Waals surface area contributed by atoms with Crippen LogP contribution in [0.15, 0.2) is 48.5 Å². The van der Waals surface area contributed by atoms with E-state index in [-0.39, 0.29) is 35.7 Å². The Balaban J connectivity index is 1.11. The molecule has 182 valence electrons. The van der Waals surface area contributed by atoms with Gasteiger partial charge in [0.25, 0.3) is 0 Å². The number of carbonyl (C=O) groups excluding carboxylic acids is 2. The molecule has 2 atom stereocenters. The second-order valence-electron chi connectivity index (χ2n) is 10.9. The minimum Gasteiger partial charge on any atom is -0.481 e. The van der Waals surface area contributed by atoms with Crippen LogP contribution in [0.4, 0.5) is 4.79 Å². The zero-order chi connectivity index (χ0) is 24.2. The van der Waals surface area contributed by atoms with E-state index in [1.54, 1.807) is 0 Å². The van der Waals surface area contributed by atoms with Gasteiger partial charge < -0.3 is 20.5 Å². The van der Waals surface area contributed by atoms with Gasteiger partial charge in [-0.25, -0.2) is 4.79 Å². The molecule has 0 aromatic heterocycles. The van der Waals surface area contributed by atoms with E-state index in [4.69, 9.17) is 9.84 Å². The molecule has 3 fully saturated rings. The first kappa shape index (κ1) is 22.1. The number of nitrogens with one attached hydrogen (secondary N) is 2. The summed E-state index contributed by atoms with van der Waals surface area (Å²) in [7, 11) is 0. The van der Waals surface area contributed by atoms with Gasteiger partial charge in [-0.15, -0.1) is 0 Å². The van der Waals surface area contributed by atoms with Crippen LogP contribution in [0.2, 0.25) is 0 Å². The van der Waals surface area contributed by atoms with Crippen molar-refractivity contribution in [3.63, 3.8) is 0 Å². The smallest absolute Gasteiger partial charge is 0.408 e. The molecule has 0 radical (unpaired) electrons. The quantitative estimate of drug-likeness (QED) is 0.561. The van der Waals surface area contributed by atoms with Crippen LogP contribution < -0.4 is 10.6 Å². The number of carboxylic acid groups (broad SMARTS) is 1. The minimum absolute atomic E-state index is 0.0271. The summed E-state index contributed by atoms with van der Waals surface area (Å²) in [6.07, 6.45) is 4.56. The van der Waals surface area contributed by atoms with Gasteiger partial charge in [0.05, 0.1) is 5.92 Å². The molecular weight excluding hydrogens is 444 g/mol. The fourth-order valence-electron chi connectivity index (χ4n) is 6.56. The molecule has 7 nitrogen and oxygen atoms in total. The van der Waals surface area contributed by atoms with Crippen molar-refractivity contribution in [1.82, 2.24) is 10.6 Å². The fourth-order valence-corrected chi connectivity index (χ4v) is 6.56. The maximum absolute atomic E-state index is 13.2. The number of amides is 2. The number of aliphatic carboxylic acids is 1. The van der Waals surface area contributed by atoms with Crippen LogP contribution in [0.1, 0.15) is 55.6 Å². The van der Waals surface area contributed by atoms with Crippen LogP contribution >= 0.6 is 0 Å². The molecule has 0 saturated heterocycles. The second-order valence-corrected chi connectivity index (χ2v) is 10.9. The lowest BCUT2D eigenvalue weighted by Crippen LogP contribution is -2.70. The Morgan fingerprint density at radius 3 is 2.14 bits per heavy atom. The highest BCUT2D eigenvalue weighted by atomic mass is 16.5. The number of hydrogen-bond acceptors (Lipinski definition) is 4. The van der Waals surface area contributed by atoms with Crippen LogP contribution in [-0.2, 0) is 14.3 Å². The van der Waals surface area contributed by atoms with Crippen molar-refractivity contribution in [2.75, 3.05) is 13.2 Å². The van der Waals surface area contributed by atoms with E-state index in [1.165, 1.54) is 11.1 Å². The number of alkyl carbamates (subject to hydrolysis) is 1. The fraction of sp³-hybridized carbons (Fsp3) is 0.464. The van der Waals surface area contributed by atoms with Crippen LogP contribution in [0.5, 0.6) is 0 Å². The van der Waals surface area contributed by atoms with Crippen molar-refractivity contribution < 1.29 is 24.2 Å². The number of carbonyl (C=O) groups is 3. The third-order valence-corrected chi connectivity index (χ3v) is 8.65. The van der Waals surface area contributed by atoms with Gasteiger partial charge in [-0.3, -0.25) is 9.59 Å². The van der Waals surface area contributed by atoms with Crippen molar-refractivity contribution in [3.8, 4) is 11.1 Å². The topological polar surface area (TPSA) is 105 Å². The largest absolute Gasteiger partial charge is 0.481 e. The van der Waals surface area contributed by atoms with Gasteiger partial charge >= 0.3 is 12.1 Å². The maximum atomic E-state index is 13.2. The Bertz CT molecular complexity index is 1150. The standard InChI is InChI=1S/C28H30N2O5/c31-24(32)22-12-17(22)13-29-25(33)28(15-27(16-28)10-5-11-27)30-26(34)35-14-23-20-8-3-1-6-18(20)19-7-2-4-9-21(19)23/h1-4,6-9,17,22-23H,5,10-16H2,(H,29,33)(H,30,34)(H,31,32). The Morgan fingerprint density at radius 1 is 0.971 bits per heavy atom.